The number of carbonyl (C=O) groups excluding carboxylic acids is 2. The molecule has 0 aromatic carbocycles. The van der Waals surface area contributed by atoms with E-state index < -0.39 is 17.5 Å². The minimum absolute atomic E-state index is 0.0605. The van der Waals surface area contributed by atoms with Gasteiger partial charge in [-0.15, -0.1) is 0 Å². The largest absolute Gasteiger partial charge is 0.501 e. The fourth-order valence-corrected chi connectivity index (χ4v) is 8.20. The highest BCUT2D eigenvalue weighted by molar-refractivity contribution is 5.96. The number of allylic oxidation sites excluding steroid dienone is 4. The predicted molar refractivity (Wildman–Crippen MR) is 116 cm³/mol. The van der Waals surface area contributed by atoms with Gasteiger partial charge in [0.2, 0.25) is 0 Å². The molecule has 1 spiro atoms. The molecule has 7 atom stereocenters. The Morgan fingerprint density at radius 2 is 1.97 bits per heavy atom. The highest BCUT2D eigenvalue weighted by Crippen LogP contribution is 2.69. The van der Waals surface area contributed by atoms with Crippen LogP contribution in [0.15, 0.2) is 23.5 Å². The lowest BCUT2D eigenvalue weighted by Crippen LogP contribution is -2.54. The van der Waals surface area contributed by atoms with Gasteiger partial charge < -0.3 is 14.2 Å². The van der Waals surface area contributed by atoms with Gasteiger partial charge in [0.25, 0.3) is 0 Å². The Labute approximate surface area is 185 Å². The Kier molecular flexibility index (Phi) is 4.84. The van der Waals surface area contributed by atoms with Crippen LogP contribution in [-0.2, 0) is 23.8 Å². The van der Waals surface area contributed by atoms with Crippen molar-refractivity contribution in [2.75, 3.05) is 13.7 Å². The zero-order chi connectivity index (χ0) is 22.0. The topological polar surface area (TPSA) is 61.8 Å². The van der Waals surface area contributed by atoms with E-state index in [2.05, 4.69) is 26.0 Å². The van der Waals surface area contributed by atoms with Gasteiger partial charge in [0.1, 0.15) is 5.60 Å². The Hall–Kier alpha value is -1.78. The fourth-order valence-electron chi connectivity index (χ4n) is 8.20. The molecule has 5 nitrogen and oxygen atoms in total. The molecule has 5 rings (SSSR count). The summed E-state index contributed by atoms with van der Waals surface area (Å²) < 4.78 is 16.9. The van der Waals surface area contributed by atoms with Crippen molar-refractivity contribution < 1.29 is 23.8 Å². The maximum Gasteiger partial charge on any atom is 0.321 e. The number of ether oxygens (including phenoxy) is 3. The Morgan fingerprint density at radius 3 is 2.71 bits per heavy atom. The first kappa shape index (κ1) is 21.1. The van der Waals surface area contributed by atoms with Gasteiger partial charge in [-0.2, -0.15) is 0 Å². The van der Waals surface area contributed by atoms with E-state index in [1.165, 1.54) is 5.57 Å². The standard InChI is InChI=1S/C26H36O5/c1-5-30-22(27)19-15-26(31-23(19)28)13-10-21-18-7-6-16-14-17(29-4)8-11-24(16,2)20(18)9-12-25(21,26)3/h6,14,18-21H,5,7-13,15H2,1-4H3/t18-,19-,20+,21+,24+,25+,26-/m1/s1. The third-order valence-electron chi connectivity index (χ3n) is 9.97. The molecule has 1 aliphatic heterocycles. The van der Waals surface area contributed by atoms with E-state index in [4.69, 9.17) is 14.2 Å². The summed E-state index contributed by atoms with van der Waals surface area (Å²) in [4.78, 5) is 25.1. The highest BCUT2D eigenvalue weighted by atomic mass is 16.6. The maximum absolute atomic E-state index is 12.7. The van der Waals surface area contributed by atoms with Crippen LogP contribution in [0.2, 0.25) is 0 Å². The Balaban J connectivity index is 1.43. The first-order chi connectivity index (χ1) is 14.8. The van der Waals surface area contributed by atoms with E-state index in [1.807, 2.05) is 0 Å². The first-order valence-corrected chi connectivity index (χ1v) is 12.1. The minimum Gasteiger partial charge on any atom is -0.501 e. The molecular formula is C26H36O5. The number of hydrogen-bond donors (Lipinski definition) is 0. The Bertz CT molecular complexity index is 858. The zero-order valence-electron chi connectivity index (χ0n) is 19.4. The number of carbonyl (C=O) groups is 2. The van der Waals surface area contributed by atoms with E-state index in [1.54, 1.807) is 14.0 Å². The van der Waals surface area contributed by atoms with Crippen LogP contribution in [0.1, 0.15) is 72.1 Å². The van der Waals surface area contributed by atoms with Crippen LogP contribution in [0.3, 0.4) is 0 Å². The van der Waals surface area contributed by atoms with Crippen molar-refractivity contribution in [3.8, 4) is 0 Å². The molecule has 3 fully saturated rings. The molecule has 1 saturated heterocycles. The third kappa shape index (κ3) is 2.80. The summed E-state index contributed by atoms with van der Waals surface area (Å²) in [6.45, 7) is 6.88. The third-order valence-corrected chi connectivity index (χ3v) is 9.97. The highest BCUT2D eigenvalue weighted by Gasteiger charge is 2.69. The van der Waals surface area contributed by atoms with Gasteiger partial charge in [-0.05, 0) is 80.3 Å². The van der Waals surface area contributed by atoms with Crippen molar-refractivity contribution in [2.45, 2.75) is 77.7 Å². The molecule has 170 valence electrons. The molecule has 1 heterocycles. The summed E-state index contributed by atoms with van der Waals surface area (Å²) in [6.07, 6.45) is 12.7. The van der Waals surface area contributed by atoms with Gasteiger partial charge in [0.15, 0.2) is 5.92 Å². The molecule has 5 aliphatic rings. The minimum atomic E-state index is -0.750. The van der Waals surface area contributed by atoms with Gasteiger partial charge >= 0.3 is 11.9 Å². The van der Waals surface area contributed by atoms with Crippen LogP contribution in [0.25, 0.3) is 0 Å². The molecule has 0 aromatic heterocycles. The van der Waals surface area contributed by atoms with E-state index in [-0.39, 0.29) is 16.8 Å². The summed E-state index contributed by atoms with van der Waals surface area (Å²) in [7, 11) is 1.77. The summed E-state index contributed by atoms with van der Waals surface area (Å²) in [5.41, 5.74) is 1.11. The number of rotatable bonds is 3. The van der Waals surface area contributed by atoms with Crippen molar-refractivity contribution in [1.29, 1.82) is 0 Å². The monoisotopic (exact) mass is 428 g/mol. The number of esters is 2. The molecule has 0 N–H and O–H groups in total. The van der Waals surface area contributed by atoms with Crippen LogP contribution in [0.4, 0.5) is 0 Å². The van der Waals surface area contributed by atoms with E-state index in [0.717, 1.165) is 50.7 Å². The molecule has 2 saturated carbocycles. The van der Waals surface area contributed by atoms with E-state index >= 15 is 0 Å². The average Bonchev–Trinajstić information content (AvgIpc) is 3.24. The van der Waals surface area contributed by atoms with Gasteiger partial charge in [-0.1, -0.05) is 19.9 Å². The quantitative estimate of drug-likeness (QED) is 0.470. The zero-order valence-corrected chi connectivity index (χ0v) is 19.4. The second-order valence-electron chi connectivity index (χ2n) is 10.9. The predicted octanol–water partition coefficient (Wildman–Crippen LogP) is 4.95. The lowest BCUT2D eigenvalue weighted by atomic mass is 9.47. The van der Waals surface area contributed by atoms with Gasteiger partial charge in [-0.25, -0.2) is 0 Å². The van der Waals surface area contributed by atoms with Crippen molar-refractivity contribution in [2.24, 2.45) is 34.5 Å². The van der Waals surface area contributed by atoms with Crippen LogP contribution in [-0.4, -0.2) is 31.3 Å². The molecular weight excluding hydrogens is 392 g/mol. The Morgan fingerprint density at radius 1 is 1.19 bits per heavy atom. The molecule has 4 aliphatic carbocycles. The van der Waals surface area contributed by atoms with Crippen molar-refractivity contribution >= 4 is 11.9 Å². The second-order valence-corrected chi connectivity index (χ2v) is 10.9. The summed E-state index contributed by atoms with van der Waals surface area (Å²) in [5, 5.41) is 0. The molecule has 0 bridgehead atoms. The number of hydrogen-bond acceptors (Lipinski definition) is 5. The SMILES string of the molecule is CCOC(=O)[C@H]1C[C@@]2(CC[C@H]3[C@@H]4CC=C5C=C(OC)CC[C@]5(C)[C@H]4CC[C@@]32C)OC1=O. The van der Waals surface area contributed by atoms with Crippen LogP contribution in [0.5, 0.6) is 0 Å². The van der Waals surface area contributed by atoms with Crippen LogP contribution >= 0.6 is 0 Å². The van der Waals surface area contributed by atoms with Crippen molar-refractivity contribution in [3.63, 3.8) is 0 Å². The molecule has 0 aromatic rings. The van der Waals surface area contributed by atoms with Crippen LogP contribution in [0, 0.1) is 34.5 Å². The number of methoxy groups -OCH3 is 1. The lowest BCUT2D eigenvalue weighted by Gasteiger charge is -2.58. The lowest BCUT2D eigenvalue weighted by molar-refractivity contribution is -0.169. The maximum atomic E-state index is 12.7. The van der Waals surface area contributed by atoms with Crippen LogP contribution < -0.4 is 0 Å². The molecule has 0 amide bonds. The van der Waals surface area contributed by atoms with Gasteiger partial charge in [0, 0.05) is 18.3 Å². The average molecular weight is 429 g/mol. The first-order valence-electron chi connectivity index (χ1n) is 12.1. The molecule has 31 heavy (non-hydrogen) atoms. The van der Waals surface area contributed by atoms with E-state index in [9.17, 15) is 9.59 Å². The van der Waals surface area contributed by atoms with Gasteiger partial charge in [-0.3, -0.25) is 9.59 Å². The molecule has 0 radical (unpaired) electrons. The smallest absolute Gasteiger partial charge is 0.321 e. The summed E-state index contributed by atoms with van der Waals surface area (Å²) >= 11 is 0. The second kappa shape index (κ2) is 7.11. The van der Waals surface area contributed by atoms with Crippen molar-refractivity contribution in [3.05, 3.63) is 23.5 Å². The van der Waals surface area contributed by atoms with Gasteiger partial charge in [0.05, 0.1) is 19.5 Å². The number of fused-ring (bicyclic) bond motifs is 6. The summed E-state index contributed by atoms with van der Waals surface area (Å²) in [5.74, 6) is 1.38. The van der Waals surface area contributed by atoms with Crippen molar-refractivity contribution in [1.82, 2.24) is 0 Å². The summed E-state index contributed by atoms with van der Waals surface area (Å²) in [6, 6.07) is 0. The molecule has 0 unspecified atom stereocenters. The molecule has 5 heteroatoms. The normalized spacial score (nSPS) is 45.7. The van der Waals surface area contributed by atoms with E-state index in [0.29, 0.717) is 30.8 Å². The fraction of sp³-hybridized carbons (Fsp3) is 0.769.